The molecule has 1 heterocycles. The standard InChI is InChI=1S/C17H22O5/c1-9(2)15(18)21-8-10-3-5-12-11(7-10)4-6-13-14(12)17(20)22-16(13)19/h10-14H,1,3-8H2,2H3. The highest BCUT2D eigenvalue weighted by molar-refractivity contribution is 5.96. The first-order chi connectivity index (χ1) is 10.5. The number of cyclic esters (lactones) is 2. The van der Waals surface area contributed by atoms with Gasteiger partial charge in [0.15, 0.2) is 0 Å². The van der Waals surface area contributed by atoms with Crippen LogP contribution in [0.2, 0.25) is 0 Å². The SMILES string of the molecule is C=C(C)C(=O)OCC1CCC2C(CCC3C(=O)OC(=O)C32)C1. The topological polar surface area (TPSA) is 69.7 Å². The summed E-state index contributed by atoms with van der Waals surface area (Å²) in [4.78, 5) is 35.1. The molecule has 0 aromatic heterocycles. The van der Waals surface area contributed by atoms with Crippen LogP contribution in [-0.4, -0.2) is 24.5 Å². The fraction of sp³-hybridized carbons (Fsp3) is 0.706. The van der Waals surface area contributed by atoms with E-state index in [0.29, 0.717) is 24.0 Å². The van der Waals surface area contributed by atoms with Gasteiger partial charge in [0.25, 0.3) is 0 Å². The minimum atomic E-state index is -0.337. The fourth-order valence-corrected chi connectivity index (χ4v) is 4.38. The number of hydrogen-bond acceptors (Lipinski definition) is 5. The van der Waals surface area contributed by atoms with Gasteiger partial charge in [-0.3, -0.25) is 9.59 Å². The van der Waals surface area contributed by atoms with E-state index in [1.165, 1.54) is 0 Å². The number of esters is 3. The molecule has 3 aliphatic rings. The van der Waals surface area contributed by atoms with Crippen molar-refractivity contribution in [1.29, 1.82) is 0 Å². The van der Waals surface area contributed by atoms with E-state index >= 15 is 0 Å². The van der Waals surface area contributed by atoms with Crippen molar-refractivity contribution >= 4 is 17.9 Å². The number of rotatable bonds is 3. The molecule has 120 valence electrons. The van der Waals surface area contributed by atoms with Gasteiger partial charge in [-0.1, -0.05) is 6.58 Å². The molecule has 2 aliphatic carbocycles. The zero-order valence-corrected chi connectivity index (χ0v) is 12.9. The van der Waals surface area contributed by atoms with Gasteiger partial charge in [0.1, 0.15) is 0 Å². The molecule has 0 radical (unpaired) electrons. The molecule has 1 saturated heterocycles. The number of hydrogen-bond donors (Lipinski definition) is 0. The lowest BCUT2D eigenvalue weighted by atomic mass is 9.60. The van der Waals surface area contributed by atoms with Gasteiger partial charge in [-0.25, -0.2) is 4.79 Å². The van der Waals surface area contributed by atoms with E-state index in [1.54, 1.807) is 6.92 Å². The van der Waals surface area contributed by atoms with Gasteiger partial charge in [0.05, 0.1) is 18.4 Å². The van der Waals surface area contributed by atoms with Crippen molar-refractivity contribution in [3.8, 4) is 0 Å². The first-order valence-corrected chi connectivity index (χ1v) is 8.05. The van der Waals surface area contributed by atoms with Crippen LogP contribution in [0.3, 0.4) is 0 Å². The molecule has 3 rings (SSSR count). The van der Waals surface area contributed by atoms with Crippen LogP contribution in [0, 0.1) is 29.6 Å². The summed E-state index contributed by atoms with van der Waals surface area (Å²) in [6.45, 7) is 5.64. The van der Waals surface area contributed by atoms with Gasteiger partial charge in [0.2, 0.25) is 0 Å². The van der Waals surface area contributed by atoms with Gasteiger partial charge >= 0.3 is 17.9 Å². The van der Waals surface area contributed by atoms with Gasteiger partial charge in [-0.05, 0) is 56.8 Å². The molecule has 1 aliphatic heterocycles. The Hall–Kier alpha value is -1.65. The highest BCUT2D eigenvalue weighted by Crippen LogP contribution is 2.50. The monoisotopic (exact) mass is 306 g/mol. The zero-order valence-electron chi connectivity index (χ0n) is 12.9. The van der Waals surface area contributed by atoms with Gasteiger partial charge < -0.3 is 9.47 Å². The molecule has 5 unspecified atom stereocenters. The lowest BCUT2D eigenvalue weighted by molar-refractivity contribution is -0.154. The van der Waals surface area contributed by atoms with Crippen LogP contribution < -0.4 is 0 Å². The van der Waals surface area contributed by atoms with E-state index in [9.17, 15) is 14.4 Å². The molecule has 5 atom stereocenters. The quantitative estimate of drug-likeness (QED) is 0.454. The highest BCUT2D eigenvalue weighted by atomic mass is 16.6. The van der Waals surface area contributed by atoms with Gasteiger partial charge in [0, 0.05) is 5.57 Å². The molecule has 5 heteroatoms. The third-order valence-corrected chi connectivity index (χ3v) is 5.47. The molecule has 0 aromatic rings. The van der Waals surface area contributed by atoms with Crippen molar-refractivity contribution in [3.05, 3.63) is 12.2 Å². The lowest BCUT2D eigenvalue weighted by Gasteiger charge is -2.42. The van der Waals surface area contributed by atoms with Crippen molar-refractivity contribution < 1.29 is 23.9 Å². The van der Waals surface area contributed by atoms with Gasteiger partial charge in [-0.2, -0.15) is 0 Å². The Morgan fingerprint density at radius 1 is 1.23 bits per heavy atom. The van der Waals surface area contributed by atoms with Crippen molar-refractivity contribution in [2.75, 3.05) is 6.61 Å². The number of fused-ring (bicyclic) bond motifs is 3. The van der Waals surface area contributed by atoms with Gasteiger partial charge in [-0.15, -0.1) is 0 Å². The minimum absolute atomic E-state index is 0.216. The summed E-state index contributed by atoms with van der Waals surface area (Å²) in [5, 5.41) is 0. The molecule has 0 bridgehead atoms. The number of ether oxygens (including phenoxy) is 2. The van der Waals surface area contributed by atoms with E-state index in [-0.39, 0.29) is 35.7 Å². The van der Waals surface area contributed by atoms with Crippen LogP contribution in [0.25, 0.3) is 0 Å². The maximum Gasteiger partial charge on any atom is 0.333 e. The molecule has 0 spiro atoms. The molecular weight excluding hydrogens is 284 g/mol. The lowest BCUT2D eigenvalue weighted by Crippen LogP contribution is -2.40. The van der Waals surface area contributed by atoms with Crippen LogP contribution in [0.5, 0.6) is 0 Å². The summed E-state index contributed by atoms with van der Waals surface area (Å²) < 4.78 is 10.1. The molecule has 5 nitrogen and oxygen atoms in total. The maximum atomic E-state index is 11.9. The van der Waals surface area contributed by atoms with E-state index in [4.69, 9.17) is 9.47 Å². The minimum Gasteiger partial charge on any atom is -0.462 e. The Balaban J connectivity index is 1.59. The number of carbonyl (C=O) groups excluding carboxylic acids is 3. The first kappa shape index (κ1) is 15.3. The van der Waals surface area contributed by atoms with Crippen LogP contribution in [-0.2, 0) is 23.9 Å². The third kappa shape index (κ3) is 2.69. The molecule has 0 N–H and O–H groups in total. The normalized spacial score (nSPS) is 37.0. The number of carbonyl (C=O) groups is 3. The largest absolute Gasteiger partial charge is 0.462 e. The predicted octanol–water partition coefficient (Wildman–Crippen LogP) is 2.25. The third-order valence-electron chi connectivity index (χ3n) is 5.47. The van der Waals surface area contributed by atoms with E-state index in [2.05, 4.69) is 6.58 Å². The van der Waals surface area contributed by atoms with Crippen LogP contribution >= 0.6 is 0 Å². The Morgan fingerprint density at radius 3 is 2.73 bits per heavy atom. The molecule has 3 fully saturated rings. The smallest absolute Gasteiger partial charge is 0.333 e. The molecular formula is C17H22O5. The zero-order chi connectivity index (χ0) is 15.9. The van der Waals surface area contributed by atoms with E-state index in [0.717, 1.165) is 32.1 Å². The van der Waals surface area contributed by atoms with Crippen LogP contribution in [0.15, 0.2) is 12.2 Å². The first-order valence-electron chi connectivity index (χ1n) is 8.05. The summed E-state index contributed by atoms with van der Waals surface area (Å²) in [5.74, 6) is -0.405. The summed E-state index contributed by atoms with van der Waals surface area (Å²) in [5.41, 5.74) is 0.418. The second-order valence-electron chi connectivity index (χ2n) is 6.93. The predicted molar refractivity (Wildman–Crippen MR) is 77.4 cm³/mol. The second-order valence-corrected chi connectivity index (χ2v) is 6.93. The Kier molecular flexibility index (Phi) is 4.06. The fourth-order valence-electron chi connectivity index (χ4n) is 4.38. The molecule has 2 saturated carbocycles. The Labute approximate surface area is 130 Å². The Bertz CT molecular complexity index is 523. The van der Waals surface area contributed by atoms with Crippen LogP contribution in [0.1, 0.15) is 39.0 Å². The van der Waals surface area contributed by atoms with Crippen molar-refractivity contribution in [2.45, 2.75) is 39.0 Å². The highest BCUT2D eigenvalue weighted by Gasteiger charge is 2.53. The second kappa shape index (κ2) is 5.86. The average Bonchev–Trinajstić information content (AvgIpc) is 2.79. The van der Waals surface area contributed by atoms with E-state index < -0.39 is 0 Å². The summed E-state index contributed by atoms with van der Waals surface area (Å²) in [7, 11) is 0. The van der Waals surface area contributed by atoms with Crippen LogP contribution in [0.4, 0.5) is 0 Å². The maximum absolute atomic E-state index is 11.9. The average molecular weight is 306 g/mol. The summed E-state index contributed by atoms with van der Waals surface area (Å²) in [6.07, 6.45) is 4.49. The van der Waals surface area contributed by atoms with Crippen molar-refractivity contribution in [1.82, 2.24) is 0 Å². The van der Waals surface area contributed by atoms with Crippen molar-refractivity contribution in [3.63, 3.8) is 0 Å². The Morgan fingerprint density at radius 2 is 2.00 bits per heavy atom. The molecule has 0 aromatic carbocycles. The molecule has 0 amide bonds. The van der Waals surface area contributed by atoms with E-state index in [1.807, 2.05) is 0 Å². The van der Waals surface area contributed by atoms with Crippen molar-refractivity contribution in [2.24, 2.45) is 29.6 Å². The summed E-state index contributed by atoms with van der Waals surface area (Å²) >= 11 is 0. The summed E-state index contributed by atoms with van der Waals surface area (Å²) in [6, 6.07) is 0. The molecule has 22 heavy (non-hydrogen) atoms.